The molecule has 0 aliphatic heterocycles. The highest BCUT2D eigenvalue weighted by atomic mass is 16.1. The molecule has 0 bridgehead atoms. The van der Waals surface area contributed by atoms with Crippen LogP contribution < -0.4 is 11.1 Å². The number of carbonyl (C=O) groups excluding carboxylic acids is 2. The van der Waals surface area contributed by atoms with E-state index >= 15 is 0 Å². The highest BCUT2D eigenvalue weighted by molar-refractivity contribution is 5.98. The molecule has 0 aromatic heterocycles. The third-order valence-electron chi connectivity index (χ3n) is 2.79. The second-order valence-corrected chi connectivity index (χ2v) is 4.15. The lowest BCUT2D eigenvalue weighted by Crippen LogP contribution is -2.07. The van der Waals surface area contributed by atoms with Gasteiger partial charge in [-0.15, -0.1) is 0 Å². The number of benzene rings is 2. The van der Waals surface area contributed by atoms with Gasteiger partial charge in [0, 0.05) is 29.3 Å². The molecule has 2 rings (SSSR count). The molecule has 0 saturated heterocycles. The third kappa shape index (κ3) is 2.63. The van der Waals surface area contributed by atoms with E-state index in [0.717, 1.165) is 17.4 Å². The van der Waals surface area contributed by atoms with Crippen LogP contribution in [0.2, 0.25) is 0 Å². The van der Waals surface area contributed by atoms with Crippen molar-refractivity contribution in [1.29, 1.82) is 0 Å². The van der Waals surface area contributed by atoms with Crippen LogP contribution in [0.15, 0.2) is 42.5 Å². The van der Waals surface area contributed by atoms with Crippen molar-refractivity contribution in [3.63, 3.8) is 0 Å². The first-order valence-electron chi connectivity index (χ1n) is 5.84. The fourth-order valence-electron chi connectivity index (χ4n) is 1.94. The number of carbonyl (C=O) groups is 2. The van der Waals surface area contributed by atoms with Gasteiger partial charge in [-0.05, 0) is 12.1 Å². The van der Waals surface area contributed by atoms with Gasteiger partial charge >= 0.3 is 0 Å². The SMILES string of the molecule is CC(=O)Nc1ccccc1-c1cccc(C=O)c1N. The Morgan fingerprint density at radius 2 is 1.79 bits per heavy atom. The second-order valence-electron chi connectivity index (χ2n) is 4.15. The minimum Gasteiger partial charge on any atom is -0.398 e. The zero-order valence-electron chi connectivity index (χ0n) is 10.5. The zero-order valence-corrected chi connectivity index (χ0v) is 10.5. The Morgan fingerprint density at radius 3 is 2.47 bits per heavy atom. The van der Waals surface area contributed by atoms with Gasteiger partial charge in [-0.25, -0.2) is 0 Å². The Balaban J connectivity index is 2.59. The van der Waals surface area contributed by atoms with E-state index in [0.29, 0.717) is 16.9 Å². The minimum absolute atomic E-state index is 0.155. The summed E-state index contributed by atoms with van der Waals surface area (Å²) in [6, 6.07) is 12.6. The van der Waals surface area contributed by atoms with Crippen LogP contribution in [-0.4, -0.2) is 12.2 Å². The molecule has 0 aliphatic rings. The van der Waals surface area contributed by atoms with Crippen LogP contribution in [0.1, 0.15) is 17.3 Å². The van der Waals surface area contributed by atoms with E-state index in [2.05, 4.69) is 5.32 Å². The minimum atomic E-state index is -0.155. The Morgan fingerprint density at radius 1 is 1.11 bits per heavy atom. The molecule has 1 amide bonds. The average Bonchev–Trinajstić information content (AvgIpc) is 2.39. The number of nitrogens with two attached hydrogens (primary N) is 1. The molecule has 0 radical (unpaired) electrons. The van der Waals surface area contributed by atoms with Gasteiger partial charge in [0.25, 0.3) is 0 Å². The first kappa shape index (κ1) is 12.8. The summed E-state index contributed by atoms with van der Waals surface area (Å²) in [6.45, 7) is 1.45. The number of aldehydes is 1. The lowest BCUT2D eigenvalue weighted by atomic mass is 9.99. The molecule has 0 fully saturated rings. The van der Waals surface area contributed by atoms with E-state index < -0.39 is 0 Å². The number of hydrogen-bond donors (Lipinski definition) is 2. The summed E-state index contributed by atoms with van der Waals surface area (Å²) >= 11 is 0. The topological polar surface area (TPSA) is 72.2 Å². The van der Waals surface area contributed by atoms with Crippen LogP contribution in [0.5, 0.6) is 0 Å². The van der Waals surface area contributed by atoms with Crippen molar-refractivity contribution in [1.82, 2.24) is 0 Å². The zero-order chi connectivity index (χ0) is 13.8. The van der Waals surface area contributed by atoms with Gasteiger partial charge in [0.2, 0.25) is 5.91 Å². The molecule has 19 heavy (non-hydrogen) atoms. The fraction of sp³-hybridized carbons (Fsp3) is 0.0667. The van der Waals surface area contributed by atoms with Crippen molar-refractivity contribution in [2.75, 3.05) is 11.1 Å². The van der Waals surface area contributed by atoms with Crippen LogP contribution in [0.4, 0.5) is 11.4 Å². The van der Waals surface area contributed by atoms with E-state index in [1.54, 1.807) is 18.2 Å². The standard InChI is InChI=1S/C15H14N2O2/c1-10(19)17-14-8-3-2-6-12(14)13-7-4-5-11(9-18)15(13)16/h2-9H,16H2,1H3,(H,17,19). The summed E-state index contributed by atoms with van der Waals surface area (Å²) in [5, 5.41) is 2.75. The molecular formula is C15H14N2O2. The Hall–Kier alpha value is -2.62. The molecule has 96 valence electrons. The van der Waals surface area contributed by atoms with Gasteiger partial charge in [-0.1, -0.05) is 30.3 Å². The van der Waals surface area contributed by atoms with Gasteiger partial charge in [0.1, 0.15) is 0 Å². The van der Waals surface area contributed by atoms with Crippen LogP contribution in [0, 0.1) is 0 Å². The molecule has 4 nitrogen and oxygen atoms in total. The van der Waals surface area contributed by atoms with Crippen molar-refractivity contribution in [2.24, 2.45) is 0 Å². The molecule has 0 saturated carbocycles. The largest absolute Gasteiger partial charge is 0.398 e. The van der Waals surface area contributed by atoms with Gasteiger partial charge in [-0.2, -0.15) is 0 Å². The van der Waals surface area contributed by atoms with Crippen LogP contribution in [0.3, 0.4) is 0 Å². The van der Waals surface area contributed by atoms with E-state index in [1.165, 1.54) is 6.92 Å². The monoisotopic (exact) mass is 254 g/mol. The maximum absolute atomic E-state index is 11.2. The summed E-state index contributed by atoms with van der Waals surface area (Å²) in [4.78, 5) is 22.1. The fourth-order valence-corrected chi connectivity index (χ4v) is 1.94. The van der Waals surface area contributed by atoms with E-state index in [9.17, 15) is 9.59 Å². The number of nitrogen functional groups attached to an aromatic ring is 1. The number of anilines is 2. The van der Waals surface area contributed by atoms with Crippen LogP contribution in [0.25, 0.3) is 11.1 Å². The maximum atomic E-state index is 11.2. The van der Waals surface area contributed by atoms with Crippen molar-refractivity contribution in [2.45, 2.75) is 6.92 Å². The smallest absolute Gasteiger partial charge is 0.221 e. The van der Waals surface area contributed by atoms with Gasteiger partial charge in [0.15, 0.2) is 6.29 Å². The molecule has 0 heterocycles. The Kier molecular flexibility index (Phi) is 3.61. The van der Waals surface area contributed by atoms with Gasteiger partial charge < -0.3 is 11.1 Å². The first-order chi connectivity index (χ1) is 9.13. The molecule has 2 aromatic carbocycles. The molecule has 0 spiro atoms. The van der Waals surface area contributed by atoms with Gasteiger partial charge in [-0.3, -0.25) is 9.59 Å². The highest BCUT2D eigenvalue weighted by Crippen LogP contribution is 2.33. The van der Waals surface area contributed by atoms with Crippen molar-refractivity contribution < 1.29 is 9.59 Å². The first-order valence-corrected chi connectivity index (χ1v) is 5.84. The molecule has 2 aromatic rings. The summed E-state index contributed by atoms with van der Waals surface area (Å²) < 4.78 is 0. The van der Waals surface area contributed by atoms with Crippen LogP contribution >= 0.6 is 0 Å². The quantitative estimate of drug-likeness (QED) is 0.653. The molecule has 4 heteroatoms. The van der Waals surface area contributed by atoms with E-state index in [1.807, 2.05) is 24.3 Å². The summed E-state index contributed by atoms with van der Waals surface area (Å²) in [6.07, 6.45) is 0.722. The lowest BCUT2D eigenvalue weighted by Gasteiger charge is -2.13. The second kappa shape index (κ2) is 5.35. The number of para-hydroxylation sites is 2. The normalized spacial score (nSPS) is 9.95. The molecule has 0 atom stereocenters. The highest BCUT2D eigenvalue weighted by Gasteiger charge is 2.10. The number of rotatable bonds is 3. The van der Waals surface area contributed by atoms with E-state index in [4.69, 9.17) is 5.73 Å². The maximum Gasteiger partial charge on any atom is 0.221 e. The lowest BCUT2D eigenvalue weighted by molar-refractivity contribution is -0.114. The Bertz CT molecular complexity index is 636. The molecule has 0 unspecified atom stereocenters. The average molecular weight is 254 g/mol. The third-order valence-corrected chi connectivity index (χ3v) is 2.79. The van der Waals surface area contributed by atoms with Gasteiger partial charge in [0.05, 0.1) is 5.69 Å². The van der Waals surface area contributed by atoms with Crippen LogP contribution in [-0.2, 0) is 4.79 Å². The van der Waals surface area contributed by atoms with Crippen molar-refractivity contribution in [3.8, 4) is 11.1 Å². The summed E-state index contributed by atoms with van der Waals surface area (Å²) in [5.41, 5.74) is 9.03. The number of amides is 1. The van der Waals surface area contributed by atoms with Crippen molar-refractivity contribution in [3.05, 3.63) is 48.0 Å². The molecule has 3 N–H and O–H groups in total. The molecule has 0 aliphatic carbocycles. The molecular weight excluding hydrogens is 240 g/mol. The van der Waals surface area contributed by atoms with E-state index in [-0.39, 0.29) is 5.91 Å². The predicted octanol–water partition coefficient (Wildman–Crippen LogP) is 2.71. The summed E-state index contributed by atoms with van der Waals surface area (Å²) in [7, 11) is 0. The predicted molar refractivity (Wildman–Crippen MR) is 76.0 cm³/mol. The number of hydrogen-bond acceptors (Lipinski definition) is 3. The number of nitrogens with one attached hydrogen (secondary N) is 1. The van der Waals surface area contributed by atoms with Crippen molar-refractivity contribution >= 4 is 23.6 Å². The summed E-state index contributed by atoms with van der Waals surface area (Å²) in [5.74, 6) is -0.155. The Labute approximate surface area is 111 Å².